The van der Waals surface area contributed by atoms with Crippen molar-refractivity contribution in [2.24, 2.45) is 13.0 Å². The van der Waals surface area contributed by atoms with E-state index in [0.717, 1.165) is 46.7 Å². The number of carbonyl (C=O) groups is 2. The molecule has 12 heterocycles. The Bertz CT molecular complexity index is 3480. The zero-order valence-electron chi connectivity index (χ0n) is 41.0. The van der Waals surface area contributed by atoms with Gasteiger partial charge in [0.15, 0.2) is 0 Å². The lowest BCUT2D eigenvalue weighted by Gasteiger charge is -2.37. The second-order valence-corrected chi connectivity index (χ2v) is 19.2. The summed E-state index contributed by atoms with van der Waals surface area (Å²) in [5, 5.41) is 37.8. The van der Waals surface area contributed by atoms with E-state index in [2.05, 4.69) is 37.2 Å². The molecule has 4 aliphatic rings. The van der Waals surface area contributed by atoms with Gasteiger partial charge < -0.3 is 34.1 Å². The second-order valence-electron chi connectivity index (χ2n) is 19.2. The number of amides is 4. The molecule has 8 aromatic rings. The highest BCUT2D eigenvalue weighted by Gasteiger charge is 2.33. The lowest BCUT2D eigenvalue weighted by Crippen LogP contribution is -2.52. The van der Waals surface area contributed by atoms with Crippen molar-refractivity contribution in [1.29, 1.82) is 10.5 Å². The van der Waals surface area contributed by atoms with E-state index in [1.807, 2.05) is 74.2 Å². The van der Waals surface area contributed by atoms with Crippen LogP contribution in [-0.4, -0.2) is 182 Å². The molecule has 23 nitrogen and oxygen atoms in total. The van der Waals surface area contributed by atoms with E-state index in [0.29, 0.717) is 130 Å². The smallest absolute Gasteiger partial charge is 0.320 e. The standard InChI is InChI=1S/C51H52N20O3/c1-62-29-39(25-56-62)42-32-70-48(37(19-52)23-58-70)46(60-42)35-3-5-44(54-21-35)63-11-15-65(16-12-63)50(72)67-9-7-34(27-67)28-69-30-40(26-57-69)43-33-71-49(38(20-53)24-59-71)47(61-43)36-4-6-45(55-22-36)64-13-17-66(18-14-64)51(73)68-10-8-41(31-68)74-2/h3-6,21-26,29-30,32-34,41H,7-18,27-28,31H2,1-2H3/t34?,41-/m0/s1. The van der Waals surface area contributed by atoms with Gasteiger partial charge in [0.2, 0.25) is 0 Å². The molecule has 4 saturated heterocycles. The van der Waals surface area contributed by atoms with Crippen molar-refractivity contribution in [3.8, 4) is 57.2 Å². The maximum absolute atomic E-state index is 13.9. The summed E-state index contributed by atoms with van der Waals surface area (Å²) in [6, 6.07) is 12.5. The van der Waals surface area contributed by atoms with Gasteiger partial charge in [-0.1, -0.05) is 0 Å². The first-order chi connectivity index (χ1) is 36.2. The van der Waals surface area contributed by atoms with Crippen LogP contribution in [0, 0.1) is 28.6 Å². The summed E-state index contributed by atoms with van der Waals surface area (Å²) in [4.78, 5) is 58.7. The summed E-state index contributed by atoms with van der Waals surface area (Å²) < 4.78 is 12.5. The highest BCUT2D eigenvalue weighted by atomic mass is 16.5. The predicted octanol–water partition coefficient (Wildman–Crippen LogP) is 4.13. The van der Waals surface area contributed by atoms with Crippen molar-refractivity contribution in [1.82, 2.24) is 78.3 Å². The lowest BCUT2D eigenvalue weighted by molar-refractivity contribution is 0.105. The molecule has 4 fully saturated rings. The van der Waals surface area contributed by atoms with Crippen molar-refractivity contribution >= 4 is 34.7 Å². The maximum atomic E-state index is 13.9. The number of hydrogen-bond acceptors (Lipinski definition) is 15. The van der Waals surface area contributed by atoms with Crippen LogP contribution in [-0.2, 0) is 18.3 Å². The average molecular weight is 993 g/mol. The molecule has 0 saturated carbocycles. The third-order valence-corrected chi connectivity index (χ3v) is 14.7. The van der Waals surface area contributed by atoms with E-state index >= 15 is 0 Å². The molecule has 0 radical (unpaired) electrons. The topological polar surface area (TPSA) is 232 Å². The number of nitriles is 2. The molecule has 8 aromatic heterocycles. The van der Waals surface area contributed by atoms with Crippen LogP contribution in [0.3, 0.4) is 0 Å². The number of urea groups is 2. The van der Waals surface area contributed by atoms with Crippen LogP contribution in [0.2, 0.25) is 0 Å². The van der Waals surface area contributed by atoms with Crippen molar-refractivity contribution in [3.05, 3.63) is 97.4 Å². The molecule has 374 valence electrons. The third kappa shape index (κ3) is 8.70. The van der Waals surface area contributed by atoms with E-state index in [-0.39, 0.29) is 24.1 Å². The normalized spacial score (nSPS) is 18.2. The monoisotopic (exact) mass is 992 g/mol. The zero-order chi connectivity index (χ0) is 50.5. The number of fused-ring (bicyclic) bond motifs is 2. The van der Waals surface area contributed by atoms with E-state index in [9.17, 15) is 20.1 Å². The first-order valence-corrected chi connectivity index (χ1v) is 24.8. The first-order valence-electron chi connectivity index (χ1n) is 24.8. The molecule has 4 aliphatic heterocycles. The Morgan fingerprint density at radius 3 is 1.59 bits per heavy atom. The number of likely N-dealkylation sites (tertiary alicyclic amines) is 2. The fraction of sp³-hybridized carbons (Fsp3) is 0.373. The molecule has 2 atom stereocenters. The lowest BCUT2D eigenvalue weighted by atomic mass is 10.1. The number of rotatable bonds is 9. The van der Waals surface area contributed by atoms with Gasteiger partial charge in [-0.2, -0.15) is 30.9 Å². The molecule has 0 bridgehead atoms. The fourth-order valence-corrected chi connectivity index (χ4v) is 10.6. The number of carbonyl (C=O) groups excluding carboxylic acids is 2. The molecule has 4 amide bonds. The van der Waals surface area contributed by atoms with Crippen molar-refractivity contribution in [2.75, 3.05) is 95.4 Å². The summed E-state index contributed by atoms with van der Waals surface area (Å²) in [5.41, 5.74) is 7.69. The van der Waals surface area contributed by atoms with E-state index < -0.39 is 0 Å². The van der Waals surface area contributed by atoms with E-state index in [4.69, 9.17) is 29.8 Å². The number of piperazine rings is 2. The van der Waals surface area contributed by atoms with Crippen LogP contribution in [0.4, 0.5) is 21.2 Å². The fourth-order valence-electron chi connectivity index (χ4n) is 10.6. The number of aryl methyl sites for hydroxylation is 1. The van der Waals surface area contributed by atoms with Crippen LogP contribution in [0.15, 0.2) is 86.2 Å². The minimum atomic E-state index is 0.0473. The number of hydrogen-bond donors (Lipinski definition) is 0. The van der Waals surface area contributed by atoms with E-state index in [1.54, 1.807) is 64.2 Å². The number of nitrogens with zero attached hydrogens (tertiary/aromatic N) is 20. The van der Waals surface area contributed by atoms with Crippen molar-refractivity contribution < 1.29 is 14.3 Å². The van der Waals surface area contributed by atoms with Gasteiger partial charge in [-0.15, -0.1) is 0 Å². The quantitative estimate of drug-likeness (QED) is 0.198. The van der Waals surface area contributed by atoms with Gasteiger partial charge in [-0.3, -0.25) is 9.36 Å². The third-order valence-electron chi connectivity index (χ3n) is 14.7. The summed E-state index contributed by atoms with van der Waals surface area (Å²) in [7, 11) is 3.54. The SMILES string of the molecule is CO[C@H]1CCN(C(=O)N2CCN(c3ccc(-c4nc(-c5cnn(CC6CCN(C(=O)N7CCN(c8ccc(-c9nc(-c%10cnn(C)c%10)cn%10ncc(C#N)c9%10)cn8)CC7)C6)c5)cn5ncc(C#N)c45)cn3)CC2)C1. The molecule has 0 aliphatic carbocycles. The zero-order valence-corrected chi connectivity index (χ0v) is 41.0. The average Bonchev–Trinajstić information content (AvgIpc) is 4.33. The number of anilines is 2. The molecule has 0 spiro atoms. The van der Waals surface area contributed by atoms with Gasteiger partial charge in [0, 0.05) is 146 Å². The molecular weight excluding hydrogens is 941 g/mol. The first kappa shape index (κ1) is 46.1. The summed E-state index contributed by atoms with van der Waals surface area (Å²) in [5.74, 6) is 1.84. The number of methoxy groups -OCH3 is 1. The Morgan fingerprint density at radius 1 is 0.581 bits per heavy atom. The van der Waals surface area contributed by atoms with Gasteiger partial charge in [0.25, 0.3) is 0 Å². The molecule has 23 heteroatoms. The maximum Gasteiger partial charge on any atom is 0.320 e. The molecule has 0 N–H and O–H groups in total. The van der Waals surface area contributed by atoms with Crippen LogP contribution >= 0.6 is 0 Å². The molecule has 0 aromatic carbocycles. The highest BCUT2D eigenvalue weighted by Crippen LogP contribution is 2.32. The Kier molecular flexibility index (Phi) is 12.0. The predicted molar refractivity (Wildman–Crippen MR) is 270 cm³/mol. The van der Waals surface area contributed by atoms with Gasteiger partial charge in [-0.05, 0) is 43.0 Å². The Morgan fingerprint density at radius 2 is 1.11 bits per heavy atom. The summed E-state index contributed by atoms with van der Waals surface area (Å²) in [6.45, 7) is 8.28. The number of pyridine rings is 2. The molecule has 1 unspecified atom stereocenters. The van der Waals surface area contributed by atoms with Gasteiger partial charge >= 0.3 is 12.1 Å². The van der Waals surface area contributed by atoms with Gasteiger partial charge in [-0.25, -0.2) is 38.6 Å². The molecule has 12 rings (SSSR count). The van der Waals surface area contributed by atoms with Crippen LogP contribution < -0.4 is 9.80 Å². The molecule has 74 heavy (non-hydrogen) atoms. The summed E-state index contributed by atoms with van der Waals surface area (Å²) in [6.07, 6.45) is 19.5. The van der Waals surface area contributed by atoms with Gasteiger partial charge in [0.1, 0.15) is 45.9 Å². The van der Waals surface area contributed by atoms with Crippen molar-refractivity contribution in [3.63, 3.8) is 0 Å². The summed E-state index contributed by atoms with van der Waals surface area (Å²) >= 11 is 0. The number of aromatic nitrogens is 12. The van der Waals surface area contributed by atoms with Crippen LogP contribution in [0.5, 0.6) is 0 Å². The molecular formula is C51H52N20O3. The van der Waals surface area contributed by atoms with Gasteiger partial charge in [0.05, 0.1) is 66.1 Å². The van der Waals surface area contributed by atoms with Crippen LogP contribution in [0.25, 0.3) is 56.1 Å². The minimum Gasteiger partial charge on any atom is -0.380 e. The minimum absolute atomic E-state index is 0.0473. The van der Waals surface area contributed by atoms with E-state index in [1.165, 1.54) is 0 Å². The second kappa shape index (κ2) is 19.2. The van der Waals surface area contributed by atoms with Crippen molar-refractivity contribution in [2.45, 2.75) is 25.5 Å². The Hall–Kier alpha value is -8.96. The largest absolute Gasteiger partial charge is 0.380 e. The number of ether oxygens (including phenoxy) is 1. The highest BCUT2D eigenvalue weighted by molar-refractivity contribution is 5.84. The Balaban J connectivity index is 0.662. The Labute approximate surface area is 425 Å². The van der Waals surface area contributed by atoms with Crippen LogP contribution in [0.1, 0.15) is 24.0 Å².